The van der Waals surface area contributed by atoms with Crippen molar-refractivity contribution in [3.8, 4) is 0 Å². The summed E-state index contributed by atoms with van der Waals surface area (Å²) >= 11 is 0. The zero-order chi connectivity index (χ0) is 24.7. The van der Waals surface area contributed by atoms with Gasteiger partial charge in [0.05, 0.1) is 19.3 Å². The van der Waals surface area contributed by atoms with Crippen molar-refractivity contribution in [2.75, 3.05) is 6.61 Å². The van der Waals surface area contributed by atoms with Gasteiger partial charge in [-0.05, 0) is 26.5 Å². The van der Waals surface area contributed by atoms with Crippen molar-refractivity contribution in [1.82, 2.24) is 0 Å². The predicted octanol–water partition coefficient (Wildman–Crippen LogP) is 6.36. The van der Waals surface area contributed by atoms with E-state index in [1.165, 1.54) is 10.4 Å². The van der Waals surface area contributed by atoms with Crippen LogP contribution in [0.4, 0.5) is 0 Å². The largest absolute Gasteiger partial charge is 0.403 e. The monoisotopic (exact) mass is 483 g/mol. The van der Waals surface area contributed by atoms with Crippen LogP contribution in [-0.2, 0) is 15.8 Å². The molecule has 5 nitrogen and oxygen atoms in total. The maximum Gasteiger partial charge on any atom is 0.261 e. The highest BCUT2D eigenvalue weighted by molar-refractivity contribution is 6.99. The molecule has 0 bridgehead atoms. The molecule has 6 heteroatoms. The molecular weight excluding hydrogens is 450 g/mol. The van der Waals surface area contributed by atoms with Crippen LogP contribution < -0.4 is 10.4 Å². The summed E-state index contributed by atoms with van der Waals surface area (Å²) in [6, 6.07) is 31.4. The van der Waals surface area contributed by atoms with Crippen molar-refractivity contribution in [3.63, 3.8) is 0 Å². The van der Waals surface area contributed by atoms with Crippen molar-refractivity contribution in [1.29, 1.82) is 0 Å². The van der Waals surface area contributed by atoms with E-state index in [9.17, 15) is 0 Å². The maximum atomic E-state index is 9.10. The van der Waals surface area contributed by atoms with E-state index < -0.39 is 8.32 Å². The van der Waals surface area contributed by atoms with Gasteiger partial charge in [-0.15, -0.1) is 0 Å². The van der Waals surface area contributed by atoms with Crippen LogP contribution in [0.15, 0.2) is 108 Å². The van der Waals surface area contributed by atoms with Crippen molar-refractivity contribution < 1.29 is 9.16 Å². The fourth-order valence-corrected chi connectivity index (χ4v) is 9.73. The highest BCUT2D eigenvalue weighted by Crippen LogP contribution is 2.41. The molecule has 3 aromatic rings. The van der Waals surface area contributed by atoms with Crippen LogP contribution in [0.5, 0.6) is 0 Å². The van der Waals surface area contributed by atoms with Gasteiger partial charge in [0, 0.05) is 22.9 Å². The molecule has 35 heavy (non-hydrogen) atoms. The molecule has 0 heterocycles. The maximum absolute atomic E-state index is 9.10. The molecule has 180 valence electrons. The average Bonchev–Trinajstić information content (AvgIpc) is 3.24. The van der Waals surface area contributed by atoms with E-state index in [0.29, 0.717) is 19.6 Å². The van der Waals surface area contributed by atoms with Gasteiger partial charge in [0.25, 0.3) is 8.32 Å². The molecule has 0 radical (unpaired) electrons. The van der Waals surface area contributed by atoms with Crippen LogP contribution in [-0.4, -0.2) is 21.0 Å². The average molecular weight is 484 g/mol. The van der Waals surface area contributed by atoms with Gasteiger partial charge in [-0.25, -0.2) is 0 Å². The molecule has 0 saturated carbocycles. The lowest BCUT2D eigenvalue weighted by Gasteiger charge is -2.45. The zero-order valence-corrected chi connectivity index (χ0v) is 21.7. The quantitative estimate of drug-likeness (QED) is 0.154. The smallest absolute Gasteiger partial charge is 0.261 e. The van der Waals surface area contributed by atoms with Crippen LogP contribution in [0, 0.1) is 5.92 Å². The summed E-state index contributed by atoms with van der Waals surface area (Å²) in [6.07, 6.45) is 2.47. The van der Waals surface area contributed by atoms with Crippen molar-refractivity contribution in [2.45, 2.75) is 44.9 Å². The Kier molecular flexibility index (Phi) is 7.89. The van der Waals surface area contributed by atoms with Gasteiger partial charge < -0.3 is 9.16 Å². The number of hydrogen-bond donors (Lipinski definition) is 0. The molecule has 0 amide bonds. The summed E-state index contributed by atoms with van der Waals surface area (Å²) in [4.78, 5) is 3.05. The third-order valence-electron chi connectivity index (χ3n) is 6.63. The number of hydrogen-bond acceptors (Lipinski definition) is 3. The minimum atomic E-state index is -2.74. The summed E-state index contributed by atoms with van der Waals surface area (Å²) in [5.41, 5.74) is 11.0. The normalized spacial score (nSPS) is 18.1. The van der Waals surface area contributed by atoms with Gasteiger partial charge in [0.15, 0.2) is 0 Å². The molecule has 3 aromatic carbocycles. The van der Waals surface area contributed by atoms with Crippen LogP contribution >= 0.6 is 0 Å². The predicted molar refractivity (Wildman–Crippen MR) is 144 cm³/mol. The van der Waals surface area contributed by atoms with Crippen molar-refractivity contribution >= 4 is 18.7 Å². The van der Waals surface area contributed by atoms with E-state index in [4.69, 9.17) is 14.7 Å². The Hall–Kier alpha value is -3.15. The SMILES string of the molecule is CC(C)(C)[Si](O[C@@H]1CC(N=[N+]=[N-])=C[C@@H]1COCc1ccccc1)(c1ccccc1)c1ccccc1. The first-order valence-corrected chi connectivity index (χ1v) is 14.0. The molecule has 1 aliphatic rings. The molecule has 4 rings (SSSR count). The summed E-state index contributed by atoms with van der Waals surface area (Å²) in [6.45, 7) is 7.86. The van der Waals surface area contributed by atoms with Gasteiger partial charge in [-0.2, -0.15) is 0 Å². The van der Waals surface area contributed by atoms with E-state index in [1.54, 1.807) is 0 Å². The lowest BCUT2D eigenvalue weighted by molar-refractivity contribution is 0.0537. The number of benzene rings is 3. The second-order valence-corrected chi connectivity index (χ2v) is 14.3. The minimum absolute atomic E-state index is 0.000798. The number of ether oxygens (including phenoxy) is 1. The Morgan fingerprint density at radius 1 is 0.886 bits per heavy atom. The van der Waals surface area contributed by atoms with Crippen molar-refractivity contribution in [3.05, 3.63) is 119 Å². The molecule has 0 spiro atoms. The Labute approximate surface area is 209 Å². The Morgan fingerprint density at radius 2 is 1.43 bits per heavy atom. The van der Waals surface area contributed by atoms with Gasteiger partial charge in [-0.1, -0.05) is 123 Å². The fraction of sp³-hybridized carbons (Fsp3) is 0.310. The second kappa shape index (κ2) is 11.1. The van der Waals surface area contributed by atoms with E-state index >= 15 is 0 Å². The summed E-state index contributed by atoms with van der Waals surface area (Å²) in [5.74, 6) is 0.000798. The Morgan fingerprint density at radius 3 is 1.94 bits per heavy atom. The molecule has 1 aliphatic carbocycles. The third kappa shape index (κ3) is 5.58. The molecule has 0 saturated heterocycles. The molecule has 0 aliphatic heterocycles. The molecular formula is C29H33N3O2Si. The lowest BCUT2D eigenvalue weighted by Crippen LogP contribution is -2.68. The topological polar surface area (TPSA) is 67.2 Å². The van der Waals surface area contributed by atoms with E-state index in [1.807, 2.05) is 36.4 Å². The zero-order valence-electron chi connectivity index (χ0n) is 20.7. The van der Waals surface area contributed by atoms with Gasteiger partial charge in [-0.3, -0.25) is 0 Å². The van der Waals surface area contributed by atoms with Gasteiger partial charge >= 0.3 is 0 Å². The first-order chi connectivity index (χ1) is 16.9. The number of azide groups is 1. The first kappa shape index (κ1) is 25.0. The minimum Gasteiger partial charge on any atom is -0.403 e. The summed E-state index contributed by atoms with van der Waals surface area (Å²) < 4.78 is 13.5. The molecule has 0 N–H and O–H groups in total. The van der Waals surface area contributed by atoms with Crippen LogP contribution in [0.3, 0.4) is 0 Å². The second-order valence-electron chi connectivity index (χ2n) is 10.0. The van der Waals surface area contributed by atoms with Gasteiger partial charge in [0.1, 0.15) is 0 Å². The molecule has 0 aromatic heterocycles. The molecule has 0 fully saturated rings. The lowest BCUT2D eigenvalue weighted by atomic mass is 10.1. The van der Waals surface area contributed by atoms with Gasteiger partial charge in [0.2, 0.25) is 0 Å². The van der Waals surface area contributed by atoms with E-state index in [2.05, 4.69) is 91.5 Å². The highest BCUT2D eigenvalue weighted by atomic mass is 28.4. The van der Waals surface area contributed by atoms with E-state index in [-0.39, 0.29) is 17.1 Å². The number of nitrogens with zero attached hydrogens (tertiary/aromatic N) is 3. The number of rotatable bonds is 9. The highest BCUT2D eigenvalue weighted by Gasteiger charge is 2.52. The Bertz CT molecular complexity index is 1130. The molecule has 0 unspecified atom stereocenters. The third-order valence-corrected chi connectivity index (χ3v) is 11.7. The summed E-state index contributed by atoms with van der Waals surface area (Å²) in [7, 11) is -2.74. The fourth-order valence-electron chi connectivity index (χ4n) is 5.00. The summed E-state index contributed by atoms with van der Waals surface area (Å²) in [5, 5.41) is 6.29. The van der Waals surface area contributed by atoms with Crippen LogP contribution in [0.25, 0.3) is 10.4 Å². The van der Waals surface area contributed by atoms with Crippen LogP contribution in [0.1, 0.15) is 32.8 Å². The van der Waals surface area contributed by atoms with Crippen LogP contribution in [0.2, 0.25) is 5.04 Å². The van der Waals surface area contributed by atoms with Crippen molar-refractivity contribution in [2.24, 2.45) is 11.0 Å². The first-order valence-electron chi connectivity index (χ1n) is 12.1. The van der Waals surface area contributed by atoms with E-state index in [0.717, 1.165) is 11.3 Å². The standard InChI is InChI=1S/C29H33N3O2Si/c1-29(2,3)35(26-15-9-5-10-16-26,27-17-11-6-12-18-27)34-28-20-25(31-32-30)19-24(28)22-33-21-23-13-7-4-8-14-23/h4-19,24,28H,20-22H2,1-3H3/t24-,28-/m1/s1. The Balaban J connectivity index is 1.68. The molecule has 2 atom stereocenters.